The molecule has 0 spiro atoms. The van der Waals surface area contributed by atoms with E-state index in [1.807, 2.05) is 32.0 Å². The zero-order valence-corrected chi connectivity index (χ0v) is 21.9. The van der Waals surface area contributed by atoms with Crippen molar-refractivity contribution in [2.24, 2.45) is 0 Å². The number of sulfonamides is 1. The topological polar surface area (TPSA) is 69.7 Å². The summed E-state index contributed by atoms with van der Waals surface area (Å²) in [4.78, 5) is 15.6. The van der Waals surface area contributed by atoms with Crippen LogP contribution in [-0.2, 0) is 27.9 Å². The first-order valence-electron chi connectivity index (χ1n) is 12.5. The molecule has 1 N–H and O–H groups in total. The summed E-state index contributed by atoms with van der Waals surface area (Å²) in [7, 11) is -3.92. The van der Waals surface area contributed by atoms with Gasteiger partial charge in [-0.2, -0.15) is 0 Å². The van der Waals surface area contributed by atoms with Gasteiger partial charge in [0.25, 0.3) is 10.0 Å². The molecular weight excluding hydrogens is 470 g/mol. The van der Waals surface area contributed by atoms with Gasteiger partial charge in [0.2, 0.25) is 5.91 Å². The van der Waals surface area contributed by atoms with Crippen molar-refractivity contribution in [3.63, 3.8) is 0 Å². The first-order valence-corrected chi connectivity index (χ1v) is 14.0. The van der Waals surface area contributed by atoms with Gasteiger partial charge in [0.1, 0.15) is 6.54 Å². The molecule has 0 bridgehead atoms. The van der Waals surface area contributed by atoms with E-state index in [2.05, 4.69) is 22.3 Å². The zero-order valence-electron chi connectivity index (χ0n) is 21.1. The quantitative estimate of drug-likeness (QED) is 0.454. The summed E-state index contributed by atoms with van der Waals surface area (Å²) in [6.45, 7) is 7.13. The Hall–Kier alpha value is -3.16. The number of amides is 1. The summed E-state index contributed by atoms with van der Waals surface area (Å²) >= 11 is 0. The van der Waals surface area contributed by atoms with Crippen LogP contribution in [0.5, 0.6) is 0 Å². The van der Waals surface area contributed by atoms with Gasteiger partial charge in [-0.3, -0.25) is 14.0 Å². The SMILES string of the molecule is Cc1cc(C)cc(N(CC(=O)NCc2ccc(CN3CCCCC3)cc2)S(=O)(=O)c2ccccc2)c1. The standard InChI is InChI=1S/C29H35N3O3S/c1-23-17-24(2)19-27(18-23)32(36(34,35)28-9-5-3-6-10-28)22-29(33)30-20-25-11-13-26(14-12-25)21-31-15-7-4-8-16-31/h3,5-6,9-14,17-19H,4,7-8,15-16,20-22H2,1-2H3,(H,30,33). The third kappa shape index (κ3) is 6.74. The summed E-state index contributed by atoms with van der Waals surface area (Å²) in [6, 6.07) is 22.1. The number of carbonyl (C=O) groups is 1. The van der Waals surface area contributed by atoms with Crippen molar-refractivity contribution in [2.45, 2.75) is 51.1 Å². The highest BCUT2D eigenvalue weighted by atomic mass is 32.2. The molecule has 1 amide bonds. The number of hydrogen-bond donors (Lipinski definition) is 1. The summed E-state index contributed by atoms with van der Waals surface area (Å²) in [5.74, 6) is -0.356. The molecule has 7 heteroatoms. The maximum absolute atomic E-state index is 13.5. The van der Waals surface area contributed by atoms with Crippen LogP contribution in [0.1, 0.15) is 41.5 Å². The highest BCUT2D eigenvalue weighted by Crippen LogP contribution is 2.25. The number of likely N-dealkylation sites (tertiary alicyclic amines) is 1. The molecule has 6 nitrogen and oxygen atoms in total. The van der Waals surface area contributed by atoms with E-state index in [1.165, 1.54) is 29.1 Å². The van der Waals surface area contributed by atoms with Crippen LogP contribution < -0.4 is 9.62 Å². The van der Waals surface area contributed by atoms with Crippen molar-refractivity contribution >= 4 is 21.6 Å². The molecule has 3 aromatic rings. The molecule has 1 heterocycles. The molecule has 0 radical (unpaired) electrons. The van der Waals surface area contributed by atoms with Crippen molar-refractivity contribution in [2.75, 3.05) is 23.9 Å². The Morgan fingerprint density at radius 2 is 1.47 bits per heavy atom. The third-order valence-corrected chi connectivity index (χ3v) is 8.27. The molecule has 4 rings (SSSR count). The normalized spacial score (nSPS) is 14.4. The lowest BCUT2D eigenvalue weighted by atomic mass is 10.1. The molecule has 3 aromatic carbocycles. The molecule has 1 aliphatic rings. The second-order valence-corrected chi connectivity index (χ2v) is 11.5. The largest absolute Gasteiger partial charge is 0.350 e. The number of nitrogens with one attached hydrogen (secondary N) is 1. The van der Waals surface area contributed by atoms with Crippen LogP contribution in [0.3, 0.4) is 0 Å². The third-order valence-electron chi connectivity index (χ3n) is 6.48. The summed E-state index contributed by atoms with van der Waals surface area (Å²) in [6.07, 6.45) is 3.86. The van der Waals surface area contributed by atoms with Gasteiger partial charge in [-0.15, -0.1) is 0 Å². The Balaban J connectivity index is 1.44. The molecule has 0 unspecified atom stereocenters. The molecule has 0 saturated carbocycles. The Kier molecular flexibility index (Phi) is 8.44. The molecule has 36 heavy (non-hydrogen) atoms. The van der Waals surface area contributed by atoms with Gasteiger partial charge in [-0.1, -0.05) is 55.0 Å². The fourth-order valence-electron chi connectivity index (χ4n) is 4.65. The van der Waals surface area contributed by atoms with E-state index in [1.54, 1.807) is 42.5 Å². The molecule has 0 aliphatic carbocycles. The Morgan fingerprint density at radius 1 is 0.861 bits per heavy atom. The lowest BCUT2D eigenvalue weighted by Crippen LogP contribution is -2.40. The van der Waals surface area contributed by atoms with Crippen LogP contribution in [-0.4, -0.2) is 38.9 Å². The number of hydrogen-bond acceptors (Lipinski definition) is 4. The second-order valence-electron chi connectivity index (χ2n) is 9.60. The predicted octanol–water partition coefficient (Wildman–Crippen LogP) is 4.80. The fourth-order valence-corrected chi connectivity index (χ4v) is 6.08. The fraction of sp³-hybridized carbons (Fsp3) is 0.345. The van der Waals surface area contributed by atoms with Crippen molar-refractivity contribution in [1.29, 1.82) is 0 Å². The van der Waals surface area contributed by atoms with E-state index in [0.717, 1.165) is 36.3 Å². The minimum atomic E-state index is -3.92. The van der Waals surface area contributed by atoms with Crippen LogP contribution in [0.2, 0.25) is 0 Å². The van der Waals surface area contributed by atoms with Gasteiger partial charge in [0.15, 0.2) is 0 Å². The molecule has 1 fully saturated rings. The van der Waals surface area contributed by atoms with Crippen molar-refractivity contribution in [3.05, 3.63) is 95.1 Å². The lowest BCUT2D eigenvalue weighted by molar-refractivity contribution is -0.119. The lowest BCUT2D eigenvalue weighted by Gasteiger charge is -2.26. The van der Waals surface area contributed by atoms with Gasteiger partial charge in [0.05, 0.1) is 10.6 Å². The average Bonchev–Trinajstić information content (AvgIpc) is 2.87. The molecule has 1 saturated heterocycles. The number of piperidine rings is 1. The van der Waals surface area contributed by atoms with E-state index in [0.29, 0.717) is 12.2 Å². The minimum absolute atomic E-state index is 0.154. The van der Waals surface area contributed by atoms with Gasteiger partial charge in [-0.05, 0) is 86.3 Å². The highest BCUT2D eigenvalue weighted by Gasteiger charge is 2.27. The zero-order chi connectivity index (χ0) is 25.5. The van der Waals surface area contributed by atoms with Crippen molar-refractivity contribution in [3.8, 4) is 0 Å². The van der Waals surface area contributed by atoms with E-state index >= 15 is 0 Å². The van der Waals surface area contributed by atoms with Crippen LogP contribution in [0, 0.1) is 13.8 Å². The molecule has 0 aromatic heterocycles. The van der Waals surface area contributed by atoms with Crippen LogP contribution in [0.15, 0.2) is 77.7 Å². The molecular formula is C29H35N3O3S. The minimum Gasteiger partial charge on any atom is -0.350 e. The Morgan fingerprint density at radius 3 is 2.11 bits per heavy atom. The van der Waals surface area contributed by atoms with Gasteiger partial charge < -0.3 is 5.32 Å². The maximum atomic E-state index is 13.5. The molecule has 1 aliphatic heterocycles. The summed E-state index contributed by atoms with van der Waals surface area (Å²) < 4.78 is 28.2. The summed E-state index contributed by atoms with van der Waals surface area (Å²) in [5, 5.41) is 2.90. The van der Waals surface area contributed by atoms with Gasteiger partial charge in [-0.25, -0.2) is 8.42 Å². The molecule has 0 atom stereocenters. The van der Waals surface area contributed by atoms with E-state index in [9.17, 15) is 13.2 Å². The smallest absolute Gasteiger partial charge is 0.264 e. The predicted molar refractivity (Wildman–Crippen MR) is 144 cm³/mol. The Labute approximate surface area is 215 Å². The number of carbonyl (C=O) groups excluding carboxylic acids is 1. The Bertz CT molecular complexity index is 1250. The first-order chi connectivity index (χ1) is 17.3. The molecule has 190 valence electrons. The van der Waals surface area contributed by atoms with Crippen molar-refractivity contribution in [1.82, 2.24) is 10.2 Å². The van der Waals surface area contributed by atoms with E-state index in [-0.39, 0.29) is 17.3 Å². The number of benzene rings is 3. The number of aryl methyl sites for hydroxylation is 2. The van der Waals surface area contributed by atoms with Gasteiger partial charge >= 0.3 is 0 Å². The number of anilines is 1. The number of rotatable bonds is 9. The average molecular weight is 506 g/mol. The first kappa shape index (κ1) is 25.9. The second kappa shape index (κ2) is 11.7. The van der Waals surface area contributed by atoms with Crippen LogP contribution in [0.4, 0.5) is 5.69 Å². The van der Waals surface area contributed by atoms with Gasteiger partial charge in [0, 0.05) is 13.1 Å². The monoisotopic (exact) mass is 505 g/mol. The number of nitrogens with zero attached hydrogens (tertiary/aromatic N) is 2. The van der Waals surface area contributed by atoms with Crippen molar-refractivity contribution < 1.29 is 13.2 Å². The van der Waals surface area contributed by atoms with Crippen LogP contribution >= 0.6 is 0 Å². The van der Waals surface area contributed by atoms with E-state index in [4.69, 9.17) is 0 Å². The van der Waals surface area contributed by atoms with E-state index < -0.39 is 10.0 Å². The highest BCUT2D eigenvalue weighted by molar-refractivity contribution is 7.92. The summed E-state index contributed by atoms with van der Waals surface area (Å²) in [5.41, 5.74) is 4.59. The van der Waals surface area contributed by atoms with Crippen LogP contribution in [0.25, 0.3) is 0 Å². The maximum Gasteiger partial charge on any atom is 0.264 e.